The molecular weight excluding hydrogens is 238 g/mol. The Labute approximate surface area is 113 Å². The Morgan fingerprint density at radius 3 is 3.06 bits per heavy atom. The van der Waals surface area contributed by atoms with Crippen LogP contribution in [0.5, 0.6) is 0 Å². The number of hydrogen-bond acceptors (Lipinski definition) is 2. The van der Waals surface area contributed by atoms with Gasteiger partial charge in [-0.25, -0.2) is 0 Å². The highest BCUT2D eigenvalue weighted by Gasteiger charge is 2.21. The van der Waals surface area contributed by atoms with Gasteiger partial charge in [0, 0.05) is 15.6 Å². The second kappa shape index (κ2) is 5.02. The van der Waals surface area contributed by atoms with E-state index in [0.717, 1.165) is 12.3 Å². The standard InChI is InChI=1S/C16H21NS/c1-3-12-5-4-6-15-14(12)10-16(18-15)13-7-8-17-11(2)9-13/h4-6,10-11,13,17H,3,7-9H2,1-2H3/t11-,13+/m0/s1. The Morgan fingerprint density at radius 1 is 1.39 bits per heavy atom. The van der Waals surface area contributed by atoms with Crippen molar-refractivity contribution in [2.45, 2.75) is 45.1 Å². The largest absolute Gasteiger partial charge is 0.314 e. The van der Waals surface area contributed by atoms with E-state index in [0.29, 0.717) is 6.04 Å². The van der Waals surface area contributed by atoms with Crippen LogP contribution in [0.25, 0.3) is 10.1 Å². The molecule has 1 aliphatic rings. The Balaban J connectivity index is 1.97. The zero-order chi connectivity index (χ0) is 12.5. The third kappa shape index (κ3) is 2.19. The predicted molar refractivity (Wildman–Crippen MR) is 80.6 cm³/mol. The average Bonchev–Trinajstić information content (AvgIpc) is 2.82. The van der Waals surface area contributed by atoms with Crippen molar-refractivity contribution < 1.29 is 0 Å². The van der Waals surface area contributed by atoms with Crippen LogP contribution in [0, 0.1) is 0 Å². The summed E-state index contributed by atoms with van der Waals surface area (Å²) < 4.78 is 1.47. The molecule has 0 spiro atoms. The predicted octanol–water partition coefficient (Wildman–Crippen LogP) is 4.32. The van der Waals surface area contributed by atoms with Crippen LogP contribution in [0.2, 0.25) is 0 Å². The maximum absolute atomic E-state index is 3.54. The second-order valence-electron chi connectivity index (χ2n) is 5.41. The van der Waals surface area contributed by atoms with Gasteiger partial charge in [0.05, 0.1) is 0 Å². The van der Waals surface area contributed by atoms with Crippen LogP contribution >= 0.6 is 11.3 Å². The molecule has 3 rings (SSSR count). The molecule has 1 aromatic heterocycles. The first kappa shape index (κ1) is 12.2. The molecule has 0 unspecified atom stereocenters. The van der Waals surface area contributed by atoms with Gasteiger partial charge in [-0.1, -0.05) is 19.1 Å². The van der Waals surface area contributed by atoms with Crippen molar-refractivity contribution in [1.29, 1.82) is 0 Å². The first-order valence-corrected chi connectivity index (χ1v) is 7.84. The van der Waals surface area contributed by atoms with E-state index < -0.39 is 0 Å². The Bertz CT molecular complexity index is 543. The normalized spacial score (nSPS) is 24.6. The highest BCUT2D eigenvalue weighted by Crippen LogP contribution is 2.37. The molecule has 0 bridgehead atoms. The van der Waals surface area contributed by atoms with Gasteiger partial charge in [-0.3, -0.25) is 0 Å². The van der Waals surface area contributed by atoms with Crippen LogP contribution < -0.4 is 5.32 Å². The average molecular weight is 259 g/mol. The molecule has 1 nitrogen and oxygen atoms in total. The first-order valence-electron chi connectivity index (χ1n) is 7.02. The van der Waals surface area contributed by atoms with Crippen molar-refractivity contribution >= 4 is 21.4 Å². The van der Waals surface area contributed by atoms with Gasteiger partial charge >= 0.3 is 0 Å². The van der Waals surface area contributed by atoms with Gasteiger partial charge in [-0.2, -0.15) is 0 Å². The summed E-state index contributed by atoms with van der Waals surface area (Å²) in [5, 5.41) is 5.03. The summed E-state index contributed by atoms with van der Waals surface area (Å²) in [6, 6.07) is 9.87. The molecule has 2 aromatic rings. The zero-order valence-corrected chi connectivity index (χ0v) is 12.0. The number of rotatable bonds is 2. The van der Waals surface area contributed by atoms with Gasteiger partial charge in [0.15, 0.2) is 0 Å². The van der Waals surface area contributed by atoms with Crippen LogP contribution in [0.15, 0.2) is 24.3 Å². The van der Waals surface area contributed by atoms with E-state index in [-0.39, 0.29) is 0 Å². The van der Waals surface area contributed by atoms with E-state index in [2.05, 4.69) is 43.4 Å². The Hall–Kier alpha value is -0.860. The van der Waals surface area contributed by atoms with E-state index in [1.807, 2.05) is 11.3 Å². The zero-order valence-electron chi connectivity index (χ0n) is 11.2. The topological polar surface area (TPSA) is 12.0 Å². The van der Waals surface area contributed by atoms with Gasteiger partial charge in [-0.15, -0.1) is 11.3 Å². The summed E-state index contributed by atoms with van der Waals surface area (Å²) in [6.45, 7) is 5.72. The third-order valence-corrected chi connectivity index (χ3v) is 5.34. The molecule has 96 valence electrons. The lowest BCUT2D eigenvalue weighted by Crippen LogP contribution is -2.34. The monoisotopic (exact) mass is 259 g/mol. The van der Waals surface area contributed by atoms with Crippen molar-refractivity contribution in [1.82, 2.24) is 5.32 Å². The van der Waals surface area contributed by atoms with Gasteiger partial charge in [0.25, 0.3) is 0 Å². The molecule has 0 aliphatic carbocycles. The van der Waals surface area contributed by atoms with E-state index in [9.17, 15) is 0 Å². The lowest BCUT2D eigenvalue weighted by molar-refractivity contribution is 0.384. The number of aryl methyl sites for hydroxylation is 1. The number of hydrogen-bond donors (Lipinski definition) is 1. The van der Waals surface area contributed by atoms with Gasteiger partial charge in [0.2, 0.25) is 0 Å². The lowest BCUT2D eigenvalue weighted by atomic mass is 9.91. The molecule has 1 aliphatic heterocycles. The quantitative estimate of drug-likeness (QED) is 0.847. The van der Waals surface area contributed by atoms with Crippen LogP contribution in [0.1, 0.15) is 43.0 Å². The van der Waals surface area contributed by atoms with E-state index in [1.54, 1.807) is 4.88 Å². The molecular formula is C16H21NS. The van der Waals surface area contributed by atoms with E-state index >= 15 is 0 Å². The molecule has 18 heavy (non-hydrogen) atoms. The van der Waals surface area contributed by atoms with Crippen molar-refractivity contribution in [3.63, 3.8) is 0 Å². The van der Waals surface area contributed by atoms with Gasteiger partial charge in [0.1, 0.15) is 0 Å². The molecule has 2 heterocycles. The minimum atomic E-state index is 0.666. The molecule has 0 amide bonds. The molecule has 2 atom stereocenters. The minimum Gasteiger partial charge on any atom is -0.314 e. The van der Waals surface area contributed by atoms with Crippen molar-refractivity contribution in [2.24, 2.45) is 0 Å². The smallest absolute Gasteiger partial charge is 0.0348 e. The number of thiophene rings is 1. The van der Waals surface area contributed by atoms with Crippen LogP contribution in [0.3, 0.4) is 0 Å². The Morgan fingerprint density at radius 2 is 2.28 bits per heavy atom. The highest BCUT2D eigenvalue weighted by molar-refractivity contribution is 7.19. The third-order valence-electron chi connectivity index (χ3n) is 4.08. The minimum absolute atomic E-state index is 0.666. The summed E-state index contributed by atoms with van der Waals surface area (Å²) in [7, 11) is 0. The molecule has 0 radical (unpaired) electrons. The fraction of sp³-hybridized carbons (Fsp3) is 0.500. The van der Waals surface area contributed by atoms with Crippen LogP contribution in [0.4, 0.5) is 0 Å². The van der Waals surface area contributed by atoms with Crippen LogP contribution in [-0.4, -0.2) is 12.6 Å². The fourth-order valence-corrected chi connectivity index (χ4v) is 4.30. The van der Waals surface area contributed by atoms with Crippen LogP contribution in [-0.2, 0) is 6.42 Å². The maximum atomic E-state index is 3.54. The fourth-order valence-electron chi connectivity index (χ4n) is 3.04. The molecule has 1 saturated heterocycles. The number of benzene rings is 1. The number of piperidine rings is 1. The summed E-state index contributed by atoms with van der Waals surface area (Å²) in [6.07, 6.45) is 3.71. The van der Waals surface area contributed by atoms with Crippen molar-refractivity contribution in [3.05, 3.63) is 34.7 Å². The summed E-state index contributed by atoms with van der Waals surface area (Å²) in [5.74, 6) is 0.767. The summed E-state index contributed by atoms with van der Waals surface area (Å²) >= 11 is 2.01. The summed E-state index contributed by atoms with van der Waals surface area (Å²) in [5.41, 5.74) is 1.50. The van der Waals surface area contributed by atoms with Crippen molar-refractivity contribution in [3.8, 4) is 0 Å². The molecule has 1 N–H and O–H groups in total. The van der Waals surface area contributed by atoms with E-state index in [1.165, 1.54) is 35.0 Å². The molecule has 0 saturated carbocycles. The van der Waals surface area contributed by atoms with Gasteiger partial charge in [-0.05, 0) is 61.7 Å². The summed E-state index contributed by atoms with van der Waals surface area (Å²) in [4.78, 5) is 1.60. The SMILES string of the molecule is CCc1cccc2sc([C@@H]3CCN[C@@H](C)C3)cc12. The number of nitrogens with one attached hydrogen (secondary N) is 1. The van der Waals surface area contributed by atoms with Crippen molar-refractivity contribution in [2.75, 3.05) is 6.54 Å². The maximum Gasteiger partial charge on any atom is 0.0348 e. The second-order valence-corrected chi connectivity index (χ2v) is 6.52. The van der Waals surface area contributed by atoms with Gasteiger partial charge < -0.3 is 5.32 Å². The highest BCUT2D eigenvalue weighted by atomic mass is 32.1. The molecule has 2 heteroatoms. The molecule has 1 fully saturated rings. The number of fused-ring (bicyclic) bond motifs is 1. The Kier molecular flexibility index (Phi) is 3.40. The van der Waals surface area contributed by atoms with E-state index in [4.69, 9.17) is 0 Å². The lowest BCUT2D eigenvalue weighted by Gasteiger charge is -2.27. The first-order chi connectivity index (χ1) is 8.78. The molecule has 1 aromatic carbocycles.